The maximum absolute atomic E-state index is 14.6. The molecule has 0 bridgehead atoms. The van der Waals surface area contributed by atoms with Crippen molar-refractivity contribution < 1.29 is 19.1 Å². The van der Waals surface area contributed by atoms with E-state index < -0.39 is 35.2 Å². The molecule has 3 amide bonds. The van der Waals surface area contributed by atoms with Gasteiger partial charge in [0.25, 0.3) is 5.91 Å². The summed E-state index contributed by atoms with van der Waals surface area (Å²) in [6.07, 6.45) is -0.469. The normalized spacial score (nSPS) is 13.1. The van der Waals surface area contributed by atoms with Crippen molar-refractivity contribution in [3.8, 4) is 0 Å². The van der Waals surface area contributed by atoms with Gasteiger partial charge in [0.1, 0.15) is 17.7 Å². The van der Waals surface area contributed by atoms with Crippen LogP contribution in [0.3, 0.4) is 0 Å². The largest absolute Gasteiger partial charge is 0.444 e. The van der Waals surface area contributed by atoms with Crippen LogP contribution in [0.5, 0.6) is 0 Å². The summed E-state index contributed by atoms with van der Waals surface area (Å²) in [5.74, 6) is -0.734. The van der Waals surface area contributed by atoms with Gasteiger partial charge in [-0.25, -0.2) is 4.79 Å². The van der Waals surface area contributed by atoms with E-state index in [-0.39, 0.29) is 12.3 Å². The van der Waals surface area contributed by atoms with Crippen LogP contribution in [-0.2, 0) is 20.7 Å². The average molecular weight is 558 g/mol. The Bertz CT molecular complexity index is 1360. The monoisotopic (exact) mass is 557 g/mol. The smallest absolute Gasteiger partial charge is 0.408 e. The van der Waals surface area contributed by atoms with Crippen LogP contribution < -0.4 is 10.6 Å². The zero-order valence-corrected chi connectivity index (χ0v) is 25.4. The van der Waals surface area contributed by atoms with Crippen molar-refractivity contribution in [1.82, 2.24) is 10.2 Å². The van der Waals surface area contributed by atoms with Crippen LogP contribution in [0.15, 0.2) is 78.9 Å². The maximum atomic E-state index is 14.6. The van der Waals surface area contributed by atoms with Gasteiger partial charge in [-0.05, 0) is 78.1 Å². The lowest BCUT2D eigenvalue weighted by Crippen LogP contribution is -2.58. The molecule has 0 radical (unpaired) electrons. The number of anilines is 1. The number of nitrogens with zero attached hydrogens (tertiary/aromatic N) is 1. The highest BCUT2D eigenvalue weighted by atomic mass is 16.6. The Kier molecular flexibility index (Phi) is 9.97. The molecule has 0 aliphatic heterocycles. The maximum Gasteiger partial charge on any atom is 0.408 e. The third-order valence-electron chi connectivity index (χ3n) is 6.50. The number of alkyl carbamates (subject to hydrolysis) is 1. The molecule has 0 aromatic heterocycles. The molecule has 3 aromatic carbocycles. The van der Waals surface area contributed by atoms with Gasteiger partial charge in [-0.2, -0.15) is 0 Å². The lowest BCUT2D eigenvalue weighted by atomic mass is 9.93. The van der Waals surface area contributed by atoms with Crippen molar-refractivity contribution in [2.75, 3.05) is 5.32 Å². The number of hydrogen-bond acceptors (Lipinski definition) is 4. The highest BCUT2D eigenvalue weighted by Gasteiger charge is 2.42. The van der Waals surface area contributed by atoms with Gasteiger partial charge in [0.15, 0.2) is 0 Å². The summed E-state index contributed by atoms with van der Waals surface area (Å²) in [6.45, 7) is 14.9. The first-order valence-electron chi connectivity index (χ1n) is 14.0. The van der Waals surface area contributed by atoms with Gasteiger partial charge < -0.3 is 20.3 Å². The fourth-order valence-electron chi connectivity index (χ4n) is 4.68. The molecule has 0 aliphatic rings. The predicted octanol–water partition coefficient (Wildman–Crippen LogP) is 6.75. The fraction of sp³-hybridized carbons (Fsp3) is 0.382. The minimum atomic E-state index is -0.981. The number of carbonyl (C=O) groups excluding carboxylic acids is 3. The van der Waals surface area contributed by atoms with Crippen molar-refractivity contribution in [2.45, 2.75) is 85.0 Å². The Labute approximate surface area is 244 Å². The zero-order chi connectivity index (χ0) is 30.4. The van der Waals surface area contributed by atoms with Gasteiger partial charge in [-0.15, -0.1) is 0 Å². The summed E-state index contributed by atoms with van der Waals surface area (Å²) in [5.41, 5.74) is 2.55. The van der Waals surface area contributed by atoms with Crippen LogP contribution in [-0.4, -0.2) is 40.0 Å². The summed E-state index contributed by atoms with van der Waals surface area (Å²) in [7, 11) is 0. The van der Waals surface area contributed by atoms with E-state index in [0.29, 0.717) is 11.3 Å². The molecule has 2 N–H and O–H groups in total. The van der Waals surface area contributed by atoms with E-state index in [2.05, 4.69) is 10.6 Å². The standard InChI is InChI=1S/C34H43N3O4/c1-23-15-14-19-26(21-23)29(30(38)35-27-20-13-12-16-24(27)2)37(33(3,4)5)31(39)28(22-25-17-10-9-11-18-25)36-32(40)41-34(6,7)8/h9-21,28-29H,22H2,1-8H3,(H,35,38)(H,36,40). The van der Waals surface area contributed by atoms with Crippen LogP contribution in [0.25, 0.3) is 0 Å². The second kappa shape index (κ2) is 13.0. The van der Waals surface area contributed by atoms with E-state index in [1.54, 1.807) is 25.7 Å². The third kappa shape index (κ3) is 8.93. The molecule has 0 aliphatic carbocycles. The first kappa shape index (κ1) is 31.4. The number of rotatable bonds is 8. The molecule has 2 unspecified atom stereocenters. The Morgan fingerprint density at radius 2 is 1.46 bits per heavy atom. The van der Waals surface area contributed by atoms with Gasteiger partial charge in [0, 0.05) is 17.6 Å². The van der Waals surface area contributed by atoms with Gasteiger partial charge >= 0.3 is 6.09 Å². The number of nitrogens with one attached hydrogen (secondary N) is 2. The molecule has 41 heavy (non-hydrogen) atoms. The summed E-state index contributed by atoms with van der Waals surface area (Å²) < 4.78 is 5.52. The Balaban J connectivity index is 2.11. The molecule has 7 heteroatoms. The SMILES string of the molecule is Cc1cccc(C(C(=O)Nc2ccccc2C)N(C(=O)C(Cc2ccccc2)NC(=O)OC(C)(C)C)C(C)(C)C)c1. The minimum absolute atomic E-state index is 0.228. The van der Waals surface area contributed by atoms with Crippen molar-refractivity contribution in [1.29, 1.82) is 0 Å². The Morgan fingerprint density at radius 1 is 0.829 bits per heavy atom. The Morgan fingerprint density at radius 3 is 2.05 bits per heavy atom. The van der Waals surface area contributed by atoms with Gasteiger partial charge in [0.05, 0.1) is 0 Å². The molecular formula is C34H43N3O4. The molecule has 0 saturated heterocycles. The molecule has 2 atom stereocenters. The summed E-state index contributed by atoms with van der Waals surface area (Å²) >= 11 is 0. The number of amides is 3. The number of aryl methyl sites for hydroxylation is 2. The first-order valence-corrected chi connectivity index (χ1v) is 14.0. The highest BCUT2D eigenvalue weighted by molar-refractivity contribution is 5.99. The summed E-state index contributed by atoms with van der Waals surface area (Å²) in [4.78, 5) is 43.3. The second-order valence-electron chi connectivity index (χ2n) is 12.4. The molecule has 0 saturated carbocycles. The van der Waals surface area contributed by atoms with Gasteiger partial charge in [0.2, 0.25) is 5.91 Å². The predicted molar refractivity (Wildman–Crippen MR) is 164 cm³/mol. The quantitative estimate of drug-likeness (QED) is 0.321. The highest BCUT2D eigenvalue weighted by Crippen LogP contribution is 2.32. The molecule has 0 fully saturated rings. The van der Waals surface area contributed by atoms with Crippen molar-refractivity contribution in [3.63, 3.8) is 0 Å². The van der Waals surface area contributed by atoms with Crippen molar-refractivity contribution >= 4 is 23.6 Å². The second-order valence-corrected chi connectivity index (χ2v) is 12.4. The molecule has 218 valence electrons. The van der Waals surface area contributed by atoms with Crippen molar-refractivity contribution in [2.24, 2.45) is 0 Å². The van der Waals surface area contributed by atoms with Gasteiger partial charge in [-0.3, -0.25) is 9.59 Å². The van der Waals surface area contributed by atoms with Crippen molar-refractivity contribution in [3.05, 3.63) is 101 Å². The average Bonchev–Trinajstić information content (AvgIpc) is 2.86. The van der Waals surface area contributed by atoms with Crippen LogP contribution in [0, 0.1) is 13.8 Å². The van der Waals surface area contributed by atoms with Crippen LogP contribution in [0.1, 0.15) is 69.8 Å². The molecule has 3 aromatic rings. The molecule has 3 rings (SSSR count). The third-order valence-corrected chi connectivity index (χ3v) is 6.50. The number of ether oxygens (including phenoxy) is 1. The van der Waals surface area contributed by atoms with Crippen LogP contribution in [0.2, 0.25) is 0 Å². The summed E-state index contributed by atoms with van der Waals surface area (Å²) in [5, 5.41) is 5.86. The topological polar surface area (TPSA) is 87.7 Å². The number of carbonyl (C=O) groups is 3. The van der Waals surface area contributed by atoms with E-state index in [0.717, 1.165) is 16.7 Å². The molecule has 7 nitrogen and oxygen atoms in total. The van der Waals surface area contributed by atoms with E-state index in [1.165, 1.54) is 0 Å². The Hall–Kier alpha value is -4.13. The van der Waals surface area contributed by atoms with E-state index >= 15 is 0 Å². The van der Waals surface area contributed by atoms with Gasteiger partial charge in [-0.1, -0.05) is 78.4 Å². The number of para-hydroxylation sites is 1. The number of hydrogen-bond donors (Lipinski definition) is 2. The molecule has 0 spiro atoms. The fourth-order valence-corrected chi connectivity index (χ4v) is 4.68. The van der Waals surface area contributed by atoms with E-state index in [9.17, 15) is 14.4 Å². The lowest BCUT2D eigenvalue weighted by Gasteiger charge is -2.43. The zero-order valence-electron chi connectivity index (χ0n) is 25.4. The summed E-state index contributed by atoms with van der Waals surface area (Å²) in [6, 6.07) is 22.7. The number of benzene rings is 3. The van der Waals surface area contributed by atoms with Crippen LogP contribution >= 0.6 is 0 Å². The van der Waals surface area contributed by atoms with Crippen LogP contribution in [0.4, 0.5) is 10.5 Å². The van der Waals surface area contributed by atoms with E-state index in [1.807, 2.05) is 113 Å². The van der Waals surface area contributed by atoms with E-state index in [4.69, 9.17) is 4.74 Å². The molecule has 0 heterocycles. The lowest BCUT2D eigenvalue weighted by molar-refractivity contribution is -0.146. The molecular weight excluding hydrogens is 514 g/mol. The first-order chi connectivity index (χ1) is 19.2. The minimum Gasteiger partial charge on any atom is -0.444 e.